The van der Waals surface area contributed by atoms with Crippen LogP contribution in [0.5, 0.6) is 0 Å². The Labute approximate surface area is 132 Å². The maximum absolute atomic E-state index is 12.6. The van der Waals surface area contributed by atoms with Crippen molar-refractivity contribution in [3.63, 3.8) is 0 Å². The summed E-state index contributed by atoms with van der Waals surface area (Å²) in [7, 11) is 0. The Morgan fingerprint density at radius 1 is 1.36 bits per heavy atom. The lowest BCUT2D eigenvalue weighted by atomic mass is 10.1. The van der Waals surface area contributed by atoms with Gasteiger partial charge in [0.25, 0.3) is 5.91 Å². The second-order valence-electron chi connectivity index (χ2n) is 5.34. The number of carbonyl (C=O) groups excluding carboxylic acids is 1. The highest BCUT2D eigenvalue weighted by Gasteiger charge is 2.35. The molecule has 1 aliphatic heterocycles. The van der Waals surface area contributed by atoms with Gasteiger partial charge >= 0.3 is 5.97 Å². The van der Waals surface area contributed by atoms with Crippen LogP contribution in [-0.4, -0.2) is 39.5 Å². The molecule has 2 aromatic heterocycles. The Morgan fingerprint density at radius 3 is 2.82 bits per heavy atom. The van der Waals surface area contributed by atoms with E-state index >= 15 is 0 Å². The summed E-state index contributed by atoms with van der Waals surface area (Å²) in [6, 6.07) is 4.82. The molecule has 6 heteroatoms. The highest BCUT2D eigenvalue weighted by Crippen LogP contribution is 2.24. The molecule has 22 heavy (non-hydrogen) atoms. The third-order valence-corrected chi connectivity index (χ3v) is 4.62. The molecule has 1 fully saturated rings. The molecule has 1 atom stereocenters. The third kappa shape index (κ3) is 2.62. The number of aromatic nitrogens is 1. The monoisotopic (exact) mass is 316 g/mol. The number of aryl methyl sites for hydroxylation is 1. The van der Waals surface area contributed by atoms with Crippen LogP contribution in [0.3, 0.4) is 0 Å². The van der Waals surface area contributed by atoms with Gasteiger partial charge in [0, 0.05) is 17.5 Å². The van der Waals surface area contributed by atoms with Crippen LogP contribution >= 0.6 is 11.3 Å². The van der Waals surface area contributed by atoms with Gasteiger partial charge in [-0.15, -0.1) is 0 Å². The van der Waals surface area contributed by atoms with Crippen molar-refractivity contribution in [1.82, 2.24) is 9.88 Å². The highest BCUT2D eigenvalue weighted by molar-refractivity contribution is 7.08. The molecular formula is C16H16N2O3S. The highest BCUT2D eigenvalue weighted by atomic mass is 32.1. The first-order valence-corrected chi connectivity index (χ1v) is 8.06. The van der Waals surface area contributed by atoms with Crippen LogP contribution in [-0.2, 0) is 4.79 Å². The van der Waals surface area contributed by atoms with Gasteiger partial charge in [-0.05, 0) is 43.3 Å². The Bertz CT molecular complexity index is 712. The van der Waals surface area contributed by atoms with Crippen molar-refractivity contribution in [2.75, 3.05) is 6.54 Å². The molecule has 1 aliphatic rings. The van der Waals surface area contributed by atoms with E-state index in [0.717, 1.165) is 17.7 Å². The van der Waals surface area contributed by atoms with Crippen LogP contribution in [0.1, 0.15) is 28.9 Å². The van der Waals surface area contributed by atoms with Crippen LogP contribution < -0.4 is 0 Å². The van der Waals surface area contributed by atoms with Crippen molar-refractivity contribution < 1.29 is 14.7 Å². The van der Waals surface area contributed by atoms with E-state index in [1.165, 1.54) is 4.90 Å². The number of carboxylic acids is 1. The van der Waals surface area contributed by atoms with E-state index in [1.54, 1.807) is 24.3 Å². The molecule has 0 radical (unpaired) electrons. The van der Waals surface area contributed by atoms with Gasteiger partial charge in [-0.3, -0.25) is 9.78 Å². The fourth-order valence-electron chi connectivity index (χ4n) is 2.78. The van der Waals surface area contributed by atoms with Gasteiger partial charge in [0.1, 0.15) is 6.04 Å². The predicted octanol–water partition coefficient (Wildman–Crippen LogP) is 2.81. The van der Waals surface area contributed by atoms with Crippen molar-refractivity contribution in [3.05, 3.63) is 40.2 Å². The lowest BCUT2D eigenvalue weighted by Crippen LogP contribution is -2.40. The van der Waals surface area contributed by atoms with E-state index in [1.807, 2.05) is 22.9 Å². The van der Waals surface area contributed by atoms with Gasteiger partial charge in [-0.25, -0.2) is 4.79 Å². The number of amides is 1. The molecule has 0 aromatic carbocycles. The molecule has 114 valence electrons. The molecule has 1 N–H and O–H groups in total. The first-order valence-electron chi connectivity index (χ1n) is 7.12. The Balaban J connectivity index is 1.89. The van der Waals surface area contributed by atoms with Crippen LogP contribution in [0, 0.1) is 6.92 Å². The molecule has 1 saturated heterocycles. The summed E-state index contributed by atoms with van der Waals surface area (Å²) in [6.07, 6.45) is 1.24. The number of rotatable bonds is 3. The molecule has 0 aliphatic carbocycles. The van der Waals surface area contributed by atoms with Crippen LogP contribution in [0.4, 0.5) is 0 Å². The van der Waals surface area contributed by atoms with Crippen molar-refractivity contribution in [1.29, 1.82) is 0 Å². The molecule has 0 saturated carbocycles. The molecule has 3 heterocycles. The zero-order valence-corrected chi connectivity index (χ0v) is 13.0. The van der Waals surface area contributed by atoms with Gasteiger partial charge in [-0.1, -0.05) is 0 Å². The van der Waals surface area contributed by atoms with E-state index in [9.17, 15) is 14.7 Å². The van der Waals surface area contributed by atoms with Crippen molar-refractivity contribution in [2.24, 2.45) is 0 Å². The number of carboxylic acid groups (broad SMARTS) is 1. The molecule has 5 nitrogen and oxygen atoms in total. The molecule has 0 spiro atoms. The lowest BCUT2D eigenvalue weighted by molar-refractivity contribution is -0.141. The zero-order valence-electron chi connectivity index (χ0n) is 12.2. The summed E-state index contributed by atoms with van der Waals surface area (Å²) < 4.78 is 0. The van der Waals surface area contributed by atoms with Gasteiger partial charge in [-0.2, -0.15) is 11.3 Å². The number of hydrogen-bond acceptors (Lipinski definition) is 4. The number of likely N-dealkylation sites (tertiary alicyclic amines) is 1. The molecule has 1 amide bonds. The number of nitrogens with zero attached hydrogens (tertiary/aromatic N) is 2. The first-order chi connectivity index (χ1) is 10.6. The van der Waals surface area contributed by atoms with Crippen molar-refractivity contribution >= 4 is 23.2 Å². The maximum atomic E-state index is 12.6. The van der Waals surface area contributed by atoms with Crippen molar-refractivity contribution in [2.45, 2.75) is 25.8 Å². The van der Waals surface area contributed by atoms with E-state index in [4.69, 9.17) is 0 Å². The molecule has 3 rings (SSSR count). The second kappa shape index (κ2) is 5.88. The quantitative estimate of drug-likeness (QED) is 0.945. The Hall–Kier alpha value is -2.21. The van der Waals surface area contributed by atoms with E-state index in [0.29, 0.717) is 24.2 Å². The van der Waals surface area contributed by atoms with Crippen LogP contribution in [0.25, 0.3) is 11.3 Å². The number of pyridine rings is 1. The number of thiophene rings is 1. The second-order valence-corrected chi connectivity index (χ2v) is 6.12. The minimum Gasteiger partial charge on any atom is -0.480 e. The van der Waals surface area contributed by atoms with Crippen LogP contribution in [0.15, 0.2) is 29.0 Å². The maximum Gasteiger partial charge on any atom is 0.326 e. The van der Waals surface area contributed by atoms with Gasteiger partial charge in [0.2, 0.25) is 0 Å². The normalized spacial score (nSPS) is 17.7. The standard InChI is InChI=1S/C16H16N2O3S/c1-10-12(4-5-13(17-10)11-6-8-22-9-11)15(19)18-7-2-3-14(18)16(20)21/h4-6,8-9,14H,2-3,7H2,1H3,(H,20,21)/t14-/m1/s1. The number of hydrogen-bond donors (Lipinski definition) is 1. The largest absolute Gasteiger partial charge is 0.480 e. The van der Waals surface area contributed by atoms with Crippen molar-refractivity contribution in [3.8, 4) is 11.3 Å². The zero-order chi connectivity index (χ0) is 15.7. The summed E-state index contributed by atoms with van der Waals surface area (Å²) in [5.41, 5.74) is 2.96. The van der Waals surface area contributed by atoms with Gasteiger partial charge < -0.3 is 10.0 Å². The summed E-state index contributed by atoms with van der Waals surface area (Å²) >= 11 is 1.59. The minimum absolute atomic E-state index is 0.244. The number of carbonyl (C=O) groups is 2. The summed E-state index contributed by atoms with van der Waals surface area (Å²) in [4.78, 5) is 29.8. The third-order valence-electron chi connectivity index (χ3n) is 3.93. The fraction of sp³-hybridized carbons (Fsp3) is 0.312. The molecule has 0 bridgehead atoms. The fourth-order valence-corrected chi connectivity index (χ4v) is 3.43. The Kier molecular flexibility index (Phi) is 3.94. The van der Waals surface area contributed by atoms with E-state index in [2.05, 4.69) is 4.98 Å². The number of aliphatic carboxylic acids is 1. The predicted molar refractivity (Wildman–Crippen MR) is 84.0 cm³/mol. The first kappa shape index (κ1) is 14.7. The summed E-state index contributed by atoms with van der Waals surface area (Å²) in [6.45, 7) is 2.27. The average molecular weight is 316 g/mol. The SMILES string of the molecule is Cc1nc(-c2ccsc2)ccc1C(=O)N1CCC[C@@H]1C(=O)O. The van der Waals surface area contributed by atoms with Gasteiger partial charge in [0.05, 0.1) is 17.0 Å². The molecule has 2 aromatic rings. The smallest absolute Gasteiger partial charge is 0.326 e. The molecule has 0 unspecified atom stereocenters. The van der Waals surface area contributed by atoms with E-state index < -0.39 is 12.0 Å². The minimum atomic E-state index is -0.939. The topological polar surface area (TPSA) is 70.5 Å². The average Bonchev–Trinajstić information content (AvgIpc) is 3.17. The Morgan fingerprint density at radius 2 is 2.18 bits per heavy atom. The molecular weight excluding hydrogens is 300 g/mol. The van der Waals surface area contributed by atoms with E-state index in [-0.39, 0.29) is 5.91 Å². The van der Waals surface area contributed by atoms with Crippen LogP contribution in [0.2, 0.25) is 0 Å². The lowest BCUT2D eigenvalue weighted by Gasteiger charge is -2.22. The summed E-state index contributed by atoms with van der Waals surface area (Å²) in [5, 5.41) is 13.2. The van der Waals surface area contributed by atoms with Gasteiger partial charge in [0.15, 0.2) is 0 Å². The summed E-state index contributed by atoms with van der Waals surface area (Å²) in [5.74, 6) is -1.18.